The lowest BCUT2D eigenvalue weighted by atomic mass is 9.97. The van der Waals surface area contributed by atoms with Gasteiger partial charge in [-0.1, -0.05) is 6.07 Å². The van der Waals surface area contributed by atoms with Crippen molar-refractivity contribution in [3.05, 3.63) is 47.8 Å². The van der Waals surface area contributed by atoms with Crippen LogP contribution in [0.25, 0.3) is 11.1 Å². The van der Waals surface area contributed by atoms with Crippen molar-refractivity contribution in [2.24, 2.45) is 5.10 Å². The number of nitrogens with zero attached hydrogens (tertiary/aromatic N) is 2. The van der Waals surface area contributed by atoms with Crippen molar-refractivity contribution < 1.29 is 27.1 Å². The summed E-state index contributed by atoms with van der Waals surface area (Å²) in [6.45, 7) is -0.0499. The molecule has 5 nitrogen and oxygen atoms in total. The summed E-state index contributed by atoms with van der Waals surface area (Å²) in [5.74, 6) is -0.656. The van der Waals surface area contributed by atoms with E-state index in [1.54, 1.807) is 0 Å². The molecule has 1 heterocycles. The minimum Gasteiger partial charge on any atom is -0.442 e. The van der Waals surface area contributed by atoms with Gasteiger partial charge in [-0.2, -0.15) is 23.3 Å². The molecule has 130 valence electrons. The van der Waals surface area contributed by atoms with Gasteiger partial charge in [-0.15, -0.1) is 0 Å². The molecule has 0 fully saturated rings. The second-order valence-corrected chi connectivity index (χ2v) is 5.15. The average Bonchev–Trinajstić information content (AvgIpc) is 2.54. The molecule has 0 spiro atoms. The molecule has 2 aromatic carbocycles. The van der Waals surface area contributed by atoms with Gasteiger partial charge in [0.05, 0.1) is 17.5 Å². The van der Waals surface area contributed by atoms with E-state index in [0.29, 0.717) is 0 Å². The number of amides is 1. The van der Waals surface area contributed by atoms with Crippen LogP contribution in [0.2, 0.25) is 0 Å². The second-order valence-electron chi connectivity index (χ2n) is 5.15. The molecule has 0 radical (unpaired) electrons. The molecule has 0 saturated heterocycles. The number of carbonyl (C=O) groups is 1. The Morgan fingerprint density at radius 1 is 1.12 bits per heavy atom. The normalized spacial score (nSPS) is 14.6. The first kappa shape index (κ1) is 16.7. The van der Waals surface area contributed by atoms with Gasteiger partial charge in [-0.3, -0.25) is 0 Å². The predicted molar refractivity (Wildman–Crippen MR) is 83.6 cm³/mol. The van der Waals surface area contributed by atoms with Gasteiger partial charge in [0, 0.05) is 11.3 Å². The number of alkyl halides is 3. The number of hydrogen-bond donors (Lipinski definition) is 1. The standard InChI is InChI=1S/C16H11F4N3O2/c17-9-1-3-12(14(21)7-9)11-4-2-10(8-13(11)16(18,19)20)23-15(24)25-6-5-22-23/h1-5,7-8H,6,21H2. The Kier molecular flexibility index (Phi) is 4.07. The van der Waals surface area contributed by atoms with E-state index in [2.05, 4.69) is 5.10 Å². The topological polar surface area (TPSA) is 67.9 Å². The zero-order valence-corrected chi connectivity index (χ0v) is 12.5. The van der Waals surface area contributed by atoms with Gasteiger partial charge in [0.15, 0.2) is 0 Å². The SMILES string of the molecule is Nc1cc(F)ccc1-c1ccc(N2N=CCOC2=O)cc1C(F)(F)F. The first-order valence-electron chi connectivity index (χ1n) is 7.03. The number of hydrogen-bond acceptors (Lipinski definition) is 4. The van der Waals surface area contributed by atoms with E-state index in [0.717, 1.165) is 29.3 Å². The Morgan fingerprint density at radius 3 is 2.48 bits per heavy atom. The largest absolute Gasteiger partial charge is 0.442 e. The van der Waals surface area contributed by atoms with Gasteiger partial charge in [0.1, 0.15) is 12.4 Å². The Hall–Kier alpha value is -3.10. The van der Waals surface area contributed by atoms with Crippen LogP contribution < -0.4 is 10.7 Å². The number of anilines is 2. The zero-order valence-electron chi connectivity index (χ0n) is 12.5. The maximum atomic E-state index is 13.5. The molecule has 1 amide bonds. The van der Waals surface area contributed by atoms with Crippen molar-refractivity contribution in [2.45, 2.75) is 6.18 Å². The molecule has 2 N–H and O–H groups in total. The number of cyclic esters (lactones) is 1. The molecule has 1 aliphatic rings. The Bertz CT molecular complexity index is 865. The van der Waals surface area contributed by atoms with Crippen LogP contribution >= 0.6 is 0 Å². The number of nitrogens with two attached hydrogens (primary N) is 1. The lowest BCUT2D eigenvalue weighted by Gasteiger charge is -2.22. The highest BCUT2D eigenvalue weighted by Crippen LogP contribution is 2.41. The van der Waals surface area contributed by atoms with Crippen molar-refractivity contribution in [1.82, 2.24) is 0 Å². The monoisotopic (exact) mass is 353 g/mol. The van der Waals surface area contributed by atoms with Crippen LogP contribution in [0.3, 0.4) is 0 Å². The summed E-state index contributed by atoms with van der Waals surface area (Å²) in [6.07, 6.45) is -4.36. The van der Waals surface area contributed by atoms with Crippen molar-refractivity contribution >= 4 is 23.7 Å². The first-order valence-corrected chi connectivity index (χ1v) is 7.03. The fraction of sp³-hybridized carbons (Fsp3) is 0.125. The maximum absolute atomic E-state index is 13.5. The zero-order chi connectivity index (χ0) is 18.2. The van der Waals surface area contributed by atoms with E-state index in [4.69, 9.17) is 10.5 Å². The van der Waals surface area contributed by atoms with Gasteiger partial charge in [0.25, 0.3) is 0 Å². The first-order chi connectivity index (χ1) is 11.8. The van der Waals surface area contributed by atoms with Crippen LogP contribution in [0, 0.1) is 5.82 Å². The van der Waals surface area contributed by atoms with Gasteiger partial charge >= 0.3 is 12.3 Å². The highest BCUT2D eigenvalue weighted by molar-refractivity contribution is 5.92. The number of benzene rings is 2. The third-order valence-electron chi connectivity index (χ3n) is 3.51. The molecular formula is C16H11F4N3O2. The Balaban J connectivity index is 2.15. The van der Waals surface area contributed by atoms with Crippen molar-refractivity contribution in [2.75, 3.05) is 17.3 Å². The lowest BCUT2D eigenvalue weighted by Crippen LogP contribution is -2.31. The Morgan fingerprint density at radius 2 is 1.84 bits per heavy atom. The van der Waals surface area contributed by atoms with Crippen LogP contribution in [0.4, 0.5) is 33.7 Å². The molecule has 1 aliphatic heterocycles. The number of rotatable bonds is 2. The molecule has 2 aromatic rings. The molecule has 25 heavy (non-hydrogen) atoms. The summed E-state index contributed by atoms with van der Waals surface area (Å²) in [7, 11) is 0. The molecular weight excluding hydrogens is 342 g/mol. The fourth-order valence-corrected chi connectivity index (χ4v) is 2.42. The summed E-state index contributed by atoms with van der Waals surface area (Å²) in [4.78, 5) is 11.6. The molecule has 9 heteroatoms. The van der Waals surface area contributed by atoms with Gasteiger partial charge < -0.3 is 10.5 Å². The van der Waals surface area contributed by atoms with E-state index in [1.807, 2.05) is 0 Å². The maximum Gasteiger partial charge on any atom is 0.435 e. The fourth-order valence-electron chi connectivity index (χ4n) is 2.42. The van der Waals surface area contributed by atoms with Crippen molar-refractivity contribution in [3.63, 3.8) is 0 Å². The third-order valence-corrected chi connectivity index (χ3v) is 3.51. The second kappa shape index (κ2) is 6.08. The smallest absolute Gasteiger partial charge is 0.435 e. The highest BCUT2D eigenvalue weighted by atomic mass is 19.4. The minimum absolute atomic E-state index is 0.0324. The number of carbonyl (C=O) groups excluding carboxylic acids is 1. The van der Waals surface area contributed by atoms with Gasteiger partial charge in [0.2, 0.25) is 0 Å². The Labute approximate surface area is 139 Å². The van der Waals surface area contributed by atoms with Crippen LogP contribution in [0.5, 0.6) is 0 Å². The third kappa shape index (κ3) is 3.25. The summed E-state index contributed by atoms with van der Waals surface area (Å²) >= 11 is 0. The van der Waals surface area contributed by atoms with E-state index < -0.39 is 23.7 Å². The summed E-state index contributed by atoms with van der Waals surface area (Å²) < 4.78 is 58.4. The summed E-state index contributed by atoms with van der Waals surface area (Å²) in [5, 5.41) is 4.45. The molecule has 0 saturated carbocycles. The highest BCUT2D eigenvalue weighted by Gasteiger charge is 2.35. The van der Waals surface area contributed by atoms with Crippen LogP contribution in [-0.2, 0) is 10.9 Å². The minimum atomic E-state index is -4.73. The van der Waals surface area contributed by atoms with Crippen LogP contribution in [0.15, 0.2) is 41.5 Å². The number of nitrogen functional groups attached to an aromatic ring is 1. The molecule has 0 bridgehead atoms. The van der Waals surface area contributed by atoms with Crippen molar-refractivity contribution in [1.29, 1.82) is 0 Å². The molecule has 0 atom stereocenters. The lowest BCUT2D eigenvalue weighted by molar-refractivity contribution is -0.137. The van der Waals surface area contributed by atoms with E-state index in [1.165, 1.54) is 18.3 Å². The van der Waals surface area contributed by atoms with Crippen LogP contribution in [-0.4, -0.2) is 18.9 Å². The summed E-state index contributed by atoms with van der Waals surface area (Å²) in [6, 6.07) is 6.32. The van der Waals surface area contributed by atoms with E-state index in [-0.39, 0.29) is 29.1 Å². The number of hydrazone groups is 1. The van der Waals surface area contributed by atoms with Gasteiger partial charge in [-0.25, -0.2) is 9.18 Å². The van der Waals surface area contributed by atoms with E-state index in [9.17, 15) is 22.4 Å². The quantitative estimate of drug-likeness (QED) is 0.655. The molecule has 3 rings (SSSR count). The molecule has 0 aliphatic carbocycles. The van der Waals surface area contributed by atoms with Gasteiger partial charge in [-0.05, 0) is 35.9 Å². The molecule has 0 unspecified atom stereocenters. The van der Waals surface area contributed by atoms with Crippen molar-refractivity contribution in [3.8, 4) is 11.1 Å². The number of halogens is 4. The summed E-state index contributed by atoms with van der Waals surface area (Å²) in [5.41, 5.74) is 4.18. The van der Waals surface area contributed by atoms with Crippen LogP contribution in [0.1, 0.15) is 5.56 Å². The number of ether oxygens (including phenoxy) is 1. The molecule has 0 aromatic heterocycles. The average molecular weight is 353 g/mol. The predicted octanol–water partition coefficient (Wildman–Crippen LogP) is 4.04. The van der Waals surface area contributed by atoms with E-state index >= 15 is 0 Å².